The number of carbonyl (C=O) groups is 1. The molecule has 0 aliphatic rings. The predicted octanol–water partition coefficient (Wildman–Crippen LogP) is -2.07. The van der Waals surface area contributed by atoms with Crippen molar-refractivity contribution >= 4 is 44.2 Å². The molecular formula is C12H11N8O6S2-. The smallest absolute Gasteiger partial charge is 0.352 e. The van der Waals surface area contributed by atoms with E-state index in [2.05, 4.69) is 20.6 Å². The monoisotopic (exact) mass is 427 g/mol. The van der Waals surface area contributed by atoms with Crippen LogP contribution < -0.4 is 20.9 Å². The number of nitrogens with two attached hydrogens (primary N) is 1. The Bertz CT molecular complexity index is 1280. The number of aryl methyl sites for hydroxylation is 1. The van der Waals surface area contributed by atoms with Gasteiger partial charge in [0.15, 0.2) is 11.3 Å². The van der Waals surface area contributed by atoms with Gasteiger partial charge in [0.05, 0.1) is 4.90 Å². The minimum Gasteiger partial charge on any atom is -0.755 e. The first-order chi connectivity index (χ1) is 13.1. The summed E-state index contributed by atoms with van der Waals surface area (Å²) in [6.07, 6.45) is 1.08. The summed E-state index contributed by atoms with van der Waals surface area (Å²) in [5, 5.41) is 14.7. The fourth-order valence-corrected chi connectivity index (χ4v) is 3.12. The fourth-order valence-electron chi connectivity index (χ4n) is 2.22. The van der Waals surface area contributed by atoms with E-state index < -0.39 is 37.8 Å². The summed E-state index contributed by atoms with van der Waals surface area (Å²) in [5.41, 5.74) is -1.21. The van der Waals surface area contributed by atoms with E-state index in [1.807, 2.05) is 4.72 Å². The summed E-state index contributed by atoms with van der Waals surface area (Å²) >= 11 is -2.74. The number of anilines is 2. The van der Waals surface area contributed by atoms with Gasteiger partial charge in [0.1, 0.15) is 6.33 Å². The maximum Gasteiger partial charge on any atom is 0.352 e. The number of amides is 1. The molecule has 0 spiro atoms. The van der Waals surface area contributed by atoms with Crippen molar-refractivity contribution in [2.45, 2.75) is 4.90 Å². The van der Waals surface area contributed by atoms with Crippen LogP contribution in [0.1, 0.15) is 10.5 Å². The maximum atomic E-state index is 12.5. The number of fused-ring (bicyclic) bond motifs is 1. The highest BCUT2D eigenvalue weighted by atomic mass is 32.2. The van der Waals surface area contributed by atoms with Crippen molar-refractivity contribution in [3.63, 3.8) is 0 Å². The van der Waals surface area contributed by atoms with E-state index in [0.29, 0.717) is 0 Å². The zero-order chi connectivity index (χ0) is 20.6. The van der Waals surface area contributed by atoms with E-state index in [1.54, 1.807) is 0 Å². The molecule has 1 atom stereocenters. The second kappa shape index (κ2) is 7.08. The van der Waals surface area contributed by atoms with Crippen molar-refractivity contribution in [2.75, 3.05) is 10.0 Å². The molecule has 3 rings (SSSR count). The highest BCUT2D eigenvalue weighted by Crippen LogP contribution is 2.23. The Morgan fingerprint density at radius 3 is 2.61 bits per heavy atom. The van der Waals surface area contributed by atoms with Crippen LogP contribution in [0, 0.1) is 0 Å². The molecule has 0 aliphatic heterocycles. The second-order valence-electron chi connectivity index (χ2n) is 5.36. The van der Waals surface area contributed by atoms with Crippen molar-refractivity contribution in [1.82, 2.24) is 24.4 Å². The van der Waals surface area contributed by atoms with Crippen LogP contribution in [0.15, 0.2) is 34.2 Å². The quantitative estimate of drug-likeness (QED) is 0.381. The molecule has 1 amide bonds. The van der Waals surface area contributed by atoms with Crippen molar-refractivity contribution < 1.29 is 22.0 Å². The Hall–Kier alpha value is -3.21. The molecule has 0 fully saturated rings. The fraction of sp³-hybridized carbons (Fsp3) is 0.0833. The van der Waals surface area contributed by atoms with Crippen LogP contribution in [0.3, 0.4) is 0 Å². The molecule has 2 heterocycles. The van der Waals surface area contributed by atoms with Gasteiger partial charge in [0.25, 0.3) is 5.91 Å². The van der Waals surface area contributed by atoms with Gasteiger partial charge in [-0.25, -0.2) is 27.7 Å². The molecule has 0 bridgehead atoms. The molecule has 1 aromatic carbocycles. The SMILES string of the molecule is Cn1nnc2c(C(=O)Nc3cc(NS(=O)[O-])cc(S(N)(=O)=O)c3)ncn2c1=O. The van der Waals surface area contributed by atoms with Gasteiger partial charge in [-0.1, -0.05) is 5.21 Å². The molecule has 0 radical (unpaired) electrons. The molecule has 14 nitrogen and oxygen atoms in total. The summed E-state index contributed by atoms with van der Waals surface area (Å²) < 4.78 is 48.7. The molecule has 0 saturated carbocycles. The number of aromatic nitrogens is 5. The van der Waals surface area contributed by atoms with E-state index in [0.717, 1.165) is 33.6 Å². The van der Waals surface area contributed by atoms with Gasteiger partial charge >= 0.3 is 5.69 Å². The second-order valence-corrected chi connectivity index (χ2v) is 7.60. The Morgan fingerprint density at radius 1 is 1.29 bits per heavy atom. The third-order valence-corrected chi connectivity index (χ3v) is 4.70. The summed E-state index contributed by atoms with van der Waals surface area (Å²) in [6.45, 7) is 0. The Labute approximate surface area is 158 Å². The van der Waals surface area contributed by atoms with Crippen molar-refractivity contribution in [1.29, 1.82) is 0 Å². The molecule has 0 saturated heterocycles. The van der Waals surface area contributed by atoms with Gasteiger partial charge in [-0.15, -0.1) is 5.10 Å². The molecule has 2 aromatic heterocycles. The van der Waals surface area contributed by atoms with Gasteiger partial charge < -0.3 is 14.6 Å². The summed E-state index contributed by atoms with van der Waals surface area (Å²) in [5.74, 6) is -0.842. The van der Waals surface area contributed by atoms with Gasteiger partial charge in [-0.2, -0.15) is 4.68 Å². The number of nitrogens with zero attached hydrogens (tertiary/aromatic N) is 5. The van der Waals surface area contributed by atoms with Gasteiger partial charge in [0, 0.05) is 29.7 Å². The zero-order valence-electron chi connectivity index (χ0n) is 13.9. The molecule has 28 heavy (non-hydrogen) atoms. The number of benzene rings is 1. The van der Waals surface area contributed by atoms with Crippen LogP contribution in [0.5, 0.6) is 0 Å². The van der Waals surface area contributed by atoms with E-state index >= 15 is 0 Å². The minimum absolute atomic E-state index is 0.0950. The first kappa shape index (κ1) is 19.5. The van der Waals surface area contributed by atoms with Crippen molar-refractivity contribution in [2.24, 2.45) is 12.2 Å². The molecular weight excluding hydrogens is 416 g/mol. The topological polar surface area (TPSA) is 206 Å². The maximum absolute atomic E-state index is 12.5. The number of rotatable bonds is 5. The average Bonchev–Trinajstić information content (AvgIpc) is 3.01. The predicted molar refractivity (Wildman–Crippen MR) is 94.3 cm³/mol. The number of imidazole rings is 1. The lowest BCUT2D eigenvalue weighted by Crippen LogP contribution is -2.27. The van der Waals surface area contributed by atoms with E-state index in [9.17, 15) is 26.8 Å². The van der Waals surface area contributed by atoms with Crippen LogP contribution in [-0.2, 0) is 28.3 Å². The number of sulfonamides is 1. The van der Waals surface area contributed by atoms with E-state index in [-0.39, 0.29) is 22.7 Å². The van der Waals surface area contributed by atoms with Crippen LogP contribution in [0.4, 0.5) is 11.4 Å². The lowest BCUT2D eigenvalue weighted by atomic mass is 10.2. The van der Waals surface area contributed by atoms with Crippen LogP contribution in [0.25, 0.3) is 5.65 Å². The summed E-state index contributed by atoms with van der Waals surface area (Å²) in [6, 6.07) is 3.16. The third kappa shape index (κ3) is 3.88. The van der Waals surface area contributed by atoms with Gasteiger partial charge in [-0.3, -0.25) is 9.00 Å². The third-order valence-electron chi connectivity index (χ3n) is 3.41. The van der Waals surface area contributed by atoms with Crippen LogP contribution in [0.2, 0.25) is 0 Å². The standard InChI is InChI=1S/C12H12N8O6S2/c1-19-12(22)20-5-14-9(10(20)16-18-19)11(21)15-6-2-7(17-27(23)24)4-8(3-6)28(13,25)26/h2-5,17H,1H3,(H,15,21)(H,23,24)(H2,13,25,26)/p-1. The Kier molecular flexibility index (Phi) is 4.94. The minimum atomic E-state index is -4.20. The number of hydrogen-bond donors (Lipinski definition) is 3. The first-order valence-corrected chi connectivity index (χ1v) is 9.80. The summed E-state index contributed by atoms with van der Waals surface area (Å²) in [7, 11) is -2.83. The summed E-state index contributed by atoms with van der Waals surface area (Å²) in [4.78, 5) is 27.8. The van der Waals surface area contributed by atoms with E-state index in [1.165, 1.54) is 7.05 Å². The molecule has 4 N–H and O–H groups in total. The van der Waals surface area contributed by atoms with Crippen LogP contribution in [-0.4, -0.2) is 47.5 Å². The Morgan fingerprint density at radius 2 is 1.96 bits per heavy atom. The lowest BCUT2D eigenvalue weighted by molar-refractivity contribution is 0.102. The van der Waals surface area contributed by atoms with Crippen LogP contribution >= 0.6 is 0 Å². The molecule has 148 valence electrons. The molecule has 1 unspecified atom stereocenters. The Balaban J connectivity index is 2.01. The number of carbonyl (C=O) groups excluding carboxylic acids is 1. The highest BCUT2D eigenvalue weighted by molar-refractivity contribution is 7.89. The van der Waals surface area contributed by atoms with E-state index in [4.69, 9.17) is 5.14 Å². The lowest BCUT2D eigenvalue weighted by Gasteiger charge is -2.12. The number of nitrogens with one attached hydrogen (secondary N) is 2. The first-order valence-electron chi connectivity index (χ1n) is 7.18. The molecule has 3 aromatic rings. The largest absolute Gasteiger partial charge is 0.755 e. The highest BCUT2D eigenvalue weighted by Gasteiger charge is 2.19. The average molecular weight is 427 g/mol. The van der Waals surface area contributed by atoms with Gasteiger partial charge in [0.2, 0.25) is 10.0 Å². The number of hydrogen-bond acceptors (Lipinski definition) is 9. The number of primary sulfonamides is 1. The molecule has 0 aliphatic carbocycles. The van der Waals surface area contributed by atoms with Crippen molar-refractivity contribution in [3.8, 4) is 0 Å². The molecule has 16 heteroatoms. The zero-order valence-corrected chi connectivity index (χ0v) is 15.5. The van der Waals surface area contributed by atoms with Gasteiger partial charge in [-0.05, 0) is 18.2 Å². The van der Waals surface area contributed by atoms with Crippen molar-refractivity contribution in [3.05, 3.63) is 40.7 Å². The normalized spacial score (nSPS) is 12.7.